The number of nitrogens with zero attached hydrogens (tertiary/aromatic N) is 2. The van der Waals surface area contributed by atoms with E-state index < -0.39 is 10.0 Å². The fourth-order valence-electron chi connectivity index (χ4n) is 3.05. The van der Waals surface area contributed by atoms with Gasteiger partial charge in [0.25, 0.3) is 0 Å². The van der Waals surface area contributed by atoms with Crippen molar-refractivity contribution in [1.29, 1.82) is 0 Å². The first kappa shape index (κ1) is 19.9. The Hall–Kier alpha value is -1.84. The normalized spacial score (nSPS) is 15.6. The van der Waals surface area contributed by atoms with E-state index in [-0.39, 0.29) is 23.8 Å². The fourth-order valence-corrected chi connectivity index (χ4v) is 5.47. The molecule has 0 saturated carbocycles. The van der Waals surface area contributed by atoms with Gasteiger partial charge in [-0.1, -0.05) is 12.1 Å². The first-order chi connectivity index (χ1) is 12.9. The van der Waals surface area contributed by atoms with Crippen LogP contribution in [-0.2, 0) is 10.0 Å². The second-order valence-corrected chi connectivity index (χ2v) is 8.74. The number of halogens is 2. The first-order valence-electron chi connectivity index (χ1n) is 8.29. The SMILES string of the molecule is COc1cc(Br)c(S(=O)(=O)N2CCN(c3ccccc3F)CC2)cc1OC. The molecule has 0 amide bonds. The lowest BCUT2D eigenvalue weighted by Crippen LogP contribution is -2.49. The molecule has 6 nitrogen and oxygen atoms in total. The molecule has 1 fully saturated rings. The zero-order chi connectivity index (χ0) is 19.6. The molecule has 0 aromatic heterocycles. The highest BCUT2D eigenvalue weighted by atomic mass is 79.9. The second kappa shape index (κ2) is 8.04. The summed E-state index contributed by atoms with van der Waals surface area (Å²) in [5, 5.41) is 0. The fraction of sp³-hybridized carbons (Fsp3) is 0.333. The molecule has 0 unspecified atom stereocenters. The van der Waals surface area contributed by atoms with Crippen molar-refractivity contribution in [3.8, 4) is 11.5 Å². The minimum atomic E-state index is -3.74. The highest BCUT2D eigenvalue weighted by Gasteiger charge is 2.31. The van der Waals surface area contributed by atoms with Crippen LogP contribution in [0, 0.1) is 5.82 Å². The minimum Gasteiger partial charge on any atom is -0.493 e. The lowest BCUT2D eigenvalue weighted by molar-refractivity contribution is 0.352. The van der Waals surface area contributed by atoms with Crippen LogP contribution in [0.25, 0.3) is 0 Å². The van der Waals surface area contributed by atoms with E-state index in [1.165, 1.54) is 30.7 Å². The maximum atomic E-state index is 14.0. The van der Waals surface area contributed by atoms with Crippen LogP contribution >= 0.6 is 15.9 Å². The third-order valence-electron chi connectivity index (χ3n) is 4.49. The molecule has 0 bridgehead atoms. The van der Waals surface area contributed by atoms with Gasteiger partial charge in [0, 0.05) is 36.7 Å². The molecule has 146 valence electrons. The monoisotopic (exact) mass is 458 g/mol. The number of benzene rings is 2. The van der Waals surface area contributed by atoms with Gasteiger partial charge in [-0.2, -0.15) is 4.31 Å². The Bertz CT molecular complexity index is 931. The van der Waals surface area contributed by atoms with Crippen LogP contribution in [0.1, 0.15) is 0 Å². The van der Waals surface area contributed by atoms with Gasteiger partial charge >= 0.3 is 0 Å². The Kier molecular flexibility index (Phi) is 5.92. The molecule has 0 atom stereocenters. The molecule has 1 aliphatic heterocycles. The van der Waals surface area contributed by atoms with Gasteiger partial charge in [-0.3, -0.25) is 0 Å². The van der Waals surface area contributed by atoms with E-state index in [4.69, 9.17) is 9.47 Å². The first-order valence-corrected chi connectivity index (χ1v) is 10.5. The molecular formula is C18H20BrFN2O4S. The third kappa shape index (κ3) is 3.90. The Morgan fingerprint density at radius 1 is 1.00 bits per heavy atom. The Balaban J connectivity index is 1.82. The maximum Gasteiger partial charge on any atom is 0.244 e. The van der Waals surface area contributed by atoms with Gasteiger partial charge in [0.1, 0.15) is 10.7 Å². The molecule has 1 saturated heterocycles. The second-order valence-electron chi connectivity index (χ2n) is 5.98. The van der Waals surface area contributed by atoms with Crippen LogP contribution in [0.3, 0.4) is 0 Å². The molecule has 1 heterocycles. The standard InChI is InChI=1S/C18H20BrFN2O4S/c1-25-16-11-13(19)18(12-17(16)26-2)27(23,24)22-9-7-21(8-10-22)15-6-4-3-5-14(15)20/h3-6,11-12H,7-10H2,1-2H3. The molecule has 0 spiro atoms. The molecule has 0 radical (unpaired) electrons. The van der Waals surface area contributed by atoms with Crippen LogP contribution < -0.4 is 14.4 Å². The summed E-state index contributed by atoms with van der Waals surface area (Å²) in [5.41, 5.74) is 0.488. The molecular weight excluding hydrogens is 439 g/mol. The largest absolute Gasteiger partial charge is 0.493 e. The zero-order valence-corrected chi connectivity index (χ0v) is 17.4. The van der Waals surface area contributed by atoms with Crippen molar-refractivity contribution in [1.82, 2.24) is 4.31 Å². The Morgan fingerprint density at radius 3 is 2.19 bits per heavy atom. The van der Waals surface area contributed by atoms with Crippen molar-refractivity contribution in [2.24, 2.45) is 0 Å². The number of para-hydroxylation sites is 1. The molecule has 0 aliphatic carbocycles. The van der Waals surface area contributed by atoms with Gasteiger partial charge in [-0.15, -0.1) is 0 Å². The highest BCUT2D eigenvalue weighted by Crippen LogP contribution is 2.37. The predicted molar refractivity (Wildman–Crippen MR) is 105 cm³/mol. The van der Waals surface area contributed by atoms with Crippen molar-refractivity contribution < 1.29 is 22.3 Å². The average Bonchev–Trinajstić information content (AvgIpc) is 2.68. The molecule has 9 heteroatoms. The summed E-state index contributed by atoms with van der Waals surface area (Å²) in [6.45, 7) is 1.34. The summed E-state index contributed by atoms with van der Waals surface area (Å²) >= 11 is 3.31. The van der Waals surface area contributed by atoms with Crippen LogP contribution in [-0.4, -0.2) is 53.1 Å². The van der Waals surface area contributed by atoms with E-state index in [2.05, 4.69) is 15.9 Å². The number of piperazine rings is 1. The van der Waals surface area contributed by atoms with Crippen LogP contribution in [0.4, 0.5) is 10.1 Å². The summed E-state index contributed by atoms with van der Waals surface area (Å²) < 4.78 is 52.4. The maximum absolute atomic E-state index is 14.0. The lowest BCUT2D eigenvalue weighted by Gasteiger charge is -2.35. The lowest BCUT2D eigenvalue weighted by atomic mass is 10.2. The van der Waals surface area contributed by atoms with Crippen molar-refractivity contribution >= 4 is 31.6 Å². The van der Waals surface area contributed by atoms with Gasteiger partial charge in [0.2, 0.25) is 10.0 Å². The zero-order valence-electron chi connectivity index (χ0n) is 15.0. The van der Waals surface area contributed by atoms with E-state index in [0.29, 0.717) is 34.7 Å². The van der Waals surface area contributed by atoms with Crippen molar-refractivity contribution in [2.45, 2.75) is 4.90 Å². The van der Waals surface area contributed by atoms with Crippen LogP contribution in [0.2, 0.25) is 0 Å². The van der Waals surface area contributed by atoms with Gasteiger partial charge < -0.3 is 14.4 Å². The number of ether oxygens (including phenoxy) is 2. The van der Waals surface area contributed by atoms with E-state index in [0.717, 1.165) is 0 Å². The summed E-state index contributed by atoms with van der Waals surface area (Å²) in [6, 6.07) is 9.52. The third-order valence-corrected chi connectivity index (χ3v) is 7.34. The van der Waals surface area contributed by atoms with Gasteiger partial charge in [-0.05, 0) is 34.1 Å². The minimum absolute atomic E-state index is 0.111. The summed E-state index contributed by atoms with van der Waals surface area (Å²) in [6.07, 6.45) is 0. The van der Waals surface area contributed by atoms with Crippen LogP contribution in [0.5, 0.6) is 11.5 Å². The topological polar surface area (TPSA) is 59.1 Å². The van der Waals surface area contributed by atoms with Crippen molar-refractivity contribution in [3.05, 3.63) is 46.7 Å². The number of hydrogen-bond donors (Lipinski definition) is 0. The van der Waals surface area contributed by atoms with Crippen molar-refractivity contribution in [3.63, 3.8) is 0 Å². The molecule has 27 heavy (non-hydrogen) atoms. The summed E-state index contributed by atoms with van der Waals surface area (Å²) in [4.78, 5) is 1.96. The number of hydrogen-bond acceptors (Lipinski definition) is 5. The number of methoxy groups -OCH3 is 2. The molecule has 0 N–H and O–H groups in total. The van der Waals surface area contributed by atoms with E-state index in [1.807, 2.05) is 4.90 Å². The molecule has 2 aromatic carbocycles. The van der Waals surface area contributed by atoms with Gasteiger partial charge in [0.15, 0.2) is 11.5 Å². The van der Waals surface area contributed by atoms with E-state index in [9.17, 15) is 12.8 Å². The van der Waals surface area contributed by atoms with Gasteiger partial charge in [-0.25, -0.2) is 12.8 Å². The van der Waals surface area contributed by atoms with Crippen molar-refractivity contribution in [2.75, 3.05) is 45.3 Å². The summed E-state index contributed by atoms with van der Waals surface area (Å²) in [7, 11) is -0.795. The smallest absolute Gasteiger partial charge is 0.244 e. The predicted octanol–water partition coefficient (Wildman–Crippen LogP) is 3.12. The number of rotatable bonds is 5. The number of anilines is 1. The van der Waals surface area contributed by atoms with E-state index in [1.54, 1.807) is 24.3 Å². The Labute approximate surface area is 166 Å². The number of sulfonamides is 1. The average molecular weight is 459 g/mol. The van der Waals surface area contributed by atoms with Gasteiger partial charge in [0.05, 0.1) is 19.9 Å². The molecule has 2 aromatic rings. The van der Waals surface area contributed by atoms with E-state index >= 15 is 0 Å². The molecule has 3 rings (SSSR count). The quantitative estimate of drug-likeness (QED) is 0.688. The highest BCUT2D eigenvalue weighted by molar-refractivity contribution is 9.10. The van der Waals surface area contributed by atoms with Crippen LogP contribution in [0.15, 0.2) is 45.8 Å². The molecule has 1 aliphatic rings. The summed E-state index contributed by atoms with van der Waals surface area (Å²) in [5.74, 6) is 0.466. The Morgan fingerprint density at radius 2 is 1.59 bits per heavy atom.